The van der Waals surface area contributed by atoms with Gasteiger partial charge in [0.2, 0.25) is 5.91 Å². The summed E-state index contributed by atoms with van der Waals surface area (Å²) in [5, 5.41) is 0. The van der Waals surface area contributed by atoms with E-state index < -0.39 is 15.9 Å². The largest absolute Gasteiger partial charge is 0.341 e. The van der Waals surface area contributed by atoms with Gasteiger partial charge in [-0.2, -0.15) is 0 Å². The highest BCUT2D eigenvalue weighted by atomic mass is 32.2. The van der Waals surface area contributed by atoms with E-state index in [2.05, 4.69) is 0 Å². The van der Waals surface area contributed by atoms with Crippen LogP contribution in [0.2, 0.25) is 0 Å². The Balaban J connectivity index is 4.40. The molecule has 1 amide bonds. The van der Waals surface area contributed by atoms with Crippen LogP contribution in [0.1, 0.15) is 27.2 Å². The van der Waals surface area contributed by atoms with Gasteiger partial charge in [0.25, 0.3) is 0 Å². The van der Waals surface area contributed by atoms with Crippen molar-refractivity contribution in [2.24, 2.45) is 11.7 Å². The van der Waals surface area contributed by atoms with Gasteiger partial charge in [0.05, 0.1) is 11.8 Å². The van der Waals surface area contributed by atoms with E-state index in [1.54, 1.807) is 11.9 Å². The van der Waals surface area contributed by atoms with E-state index in [4.69, 9.17) is 5.73 Å². The van der Waals surface area contributed by atoms with Crippen LogP contribution in [-0.4, -0.2) is 50.4 Å². The third-order valence-electron chi connectivity index (χ3n) is 3.04. The maximum Gasteiger partial charge on any atom is 0.239 e. The van der Waals surface area contributed by atoms with Crippen LogP contribution < -0.4 is 5.73 Å². The van der Waals surface area contributed by atoms with Gasteiger partial charge in [0.1, 0.15) is 9.84 Å². The van der Waals surface area contributed by atoms with Gasteiger partial charge in [0, 0.05) is 19.3 Å². The number of amides is 1. The molecule has 0 saturated heterocycles. The molecule has 2 unspecified atom stereocenters. The highest BCUT2D eigenvalue weighted by Gasteiger charge is 2.24. The van der Waals surface area contributed by atoms with E-state index >= 15 is 0 Å². The zero-order chi connectivity index (χ0) is 13.8. The average molecular weight is 264 g/mol. The summed E-state index contributed by atoms with van der Waals surface area (Å²) in [5.41, 5.74) is 5.71. The lowest BCUT2D eigenvalue weighted by Gasteiger charge is -2.30. The van der Waals surface area contributed by atoms with Crippen LogP contribution in [0.4, 0.5) is 0 Å². The quantitative estimate of drug-likeness (QED) is 0.746. The van der Waals surface area contributed by atoms with Crippen LogP contribution in [0.3, 0.4) is 0 Å². The molecule has 0 bridgehead atoms. The molecule has 0 aliphatic rings. The predicted molar refractivity (Wildman–Crippen MR) is 69.4 cm³/mol. The molecule has 0 fully saturated rings. The van der Waals surface area contributed by atoms with E-state index in [0.717, 1.165) is 6.26 Å². The van der Waals surface area contributed by atoms with Crippen molar-refractivity contribution in [3.63, 3.8) is 0 Å². The molecule has 17 heavy (non-hydrogen) atoms. The van der Waals surface area contributed by atoms with Crippen molar-refractivity contribution >= 4 is 15.7 Å². The molecule has 2 atom stereocenters. The van der Waals surface area contributed by atoms with Crippen LogP contribution in [-0.2, 0) is 14.6 Å². The van der Waals surface area contributed by atoms with E-state index in [9.17, 15) is 13.2 Å². The lowest BCUT2D eigenvalue weighted by atomic mass is 10.0. The fraction of sp³-hybridized carbons (Fsp3) is 0.909. The van der Waals surface area contributed by atoms with Gasteiger partial charge >= 0.3 is 0 Å². The van der Waals surface area contributed by atoms with Crippen molar-refractivity contribution in [3.05, 3.63) is 0 Å². The molecule has 0 spiro atoms. The molecular weight excluding hydrogens is 240 g/mol. The minimum Gasteiger partial charge on any atom is -0.341 e. The Morgan fingerprint density at radius 1 is 1.29 bits per heavy atom. The van der Waals surface area contributed by atoms with E-state index in [-0.39, 0.29) is 24.1 Å². The lowest BCUT2D eigenvalue weighted by Crippen LogP contribution is -2.47. The van der Waals surface area contributed by atoms with Gasteiger partial charge in [-0.05, 0) is 19.3 Å². The van der Waals surface area contributed by atoms with Gasteiger partial charge in [-0.1, -0.05) is 13.8 Å². The summed E-state index contributed by atoms with van der Waals surface area (Å²) in [6.07, 6.45) is 1.32. The van der Waals surface area contributed by atoms with Gasteiger partial charge in [-0.25, -0.2) is 8.42 Å². The molecule has 0 saturated carbocycles. The molecule has 0 rings (SSSR count). The first kappa shape index (κ1) is 16.4. The highest BCUT2D eigenvalue weighted by molar-refractivity contribution is 7.90. The molecule has 102 valence electrons. The normalized spacial score (nSPS) is 15.7. The Morgan fingerprint density at radius 3 is 2.12 bits per heavy atom. The monoisotopic (exact) mass is 264 g/mol. The Labute approximate surface area is 104 Å². The zero-order valence-electron chi connectivity index (χ0n) is 11.3. The van der Waals surface area contributed by atoms with Crippen LogP contribution in [0.25, 0.3) is 0 Å². The number of likely N-dealkylation sites (N-methyl/N-ethyl adjacent to an activating group) is 1. The number of carbonyl (C=O) groups excluding carboxylic acids is 1. The first-order valence-electron chi connectivity index (χ1n) is 5.76. The molecule has 5 nitrogen and oxygen atoms in total. The number of rotatable bonds is 6. The van der Waals surface area contributed by atoms with Crippen LogP contribution in [0.15, 0.2) is 0 Å². The summed E-state index contributed by atoms with van der Waals surface area (Å²) in [5.74, 6) is 0.0879. The molecule has 0 aromatic heterocycles. The van der Waals surface area contributed by atoms with Gasteiger partial charge in [0.15, 0.2) is 0 Å². The molecule has 2 N–H and O–H groups in total. The molecule has 0 aromatic carbocycles. The summed E-state index contributed by atoms with van der Waals surface area (Å²) in [4.78, 5) is 13.5. The van der Waals surface area contributed by atoms with Gasteiger partial charge in [-0.3, -0.25) is 4.79 Å². The minimum atomic E-state index is -3.07. The van der Waals surface area contributed by atoms with Gasteiger partial charge in [-0.15, -0.1) is 0 Å². The number of hydrogen-bond donors (Lipinski definition) is 1. The lowest BCUT2D eigenvalue weighted by molar-refractivity contribution is -0.133. The summed E-state index contributed by atoms with van der Waals surface area (Å²) in [7, 11) is -1.36. The van der Waals surface area contributed by atoms with Crippen molar-refractivity contribution in [1.82, 2.24) is 4.90 Å². The number of sulfone groups is 1. The Kier molecular flexibility index (Phi) is 6.12. The maximum absolute atomic E-state index is 11.9. The summed E-state index contributed by atoms with van der Waals surface area (Å²) in [6, 6.07) is -0.650. The predicted octanol–water partition coefficient (Wildman–Crippen LogP) is 0.251. The second kappa shape index (κ2) is 6.35. The fourth-order valence-corrected chi connectivity index (χ4v) is 2.06. The first-order valence-corrected chi connectivity index (χ1v) is 7.82. The number of nitrogens with two attached hydrogens (primary N) is 1. The smallest absolute Gasteiger partial charge is 0.239 e. The standard InChI is InChI=1S/C11H24N2O3S/c1-8(2)9(3)13(4)11(14)10(12)6-7-17(5,15)16/h8-10H,6-7,12H2,1-5H3. The molecule has 0 aliphatic heterocycles. The van der Waals surface area contributed by atoms with Crippen molar-refractivity contribution in [1.29, 1.82) is 0 Å². The highest BCUT2D eigenvalue weighted by Crippen LogP contribution is 2.10. The first-order chi connectivity index (χ1) is 7.56. The fourth-order valence-electron chi connectivity index (χ4n) is 1.37. The van der Waals surface area contributed by atoms with Crippen molar-refractivity contribution in [2.75, 3.05) is 19.1 Å². The van der Waals surface area contributed by atoms with Crippen LogP contribution >= 0.6 is 0 Å². The number of hydrogen-bond acceptors (Lipinski definition) is 4. The molecule has 0 heterocycles. The Morgan fingerprint density at radius 2 is 1.76 bits per heavy atom. The summed E-state index contributed by atoms with van der Waals surface area (Å²) >= 11 is 0. The Hall–Kier alpha value is -0.620. The maximum atomic E-state index is 11.9. The van der Waals surface area contributed by atoms with Crippen molar-refractivity contribution in [3.8, 4) is 0 Å². The summed E-state index contributed by atoms with van der Waals surface area (Å²) in [6.45, 7) is 6.00. The third-order valence-corrected chi connectivity index (χ3v) is 4.02. The topological polar surface area (TPSA) is 80.5 Å². The second-order valence-corrected chi connectivity index (χ2v) is 7.22. The zero-order valence-corrected chi connectivity index (χ0v) is 12.1. The van der Waals surface area contributed by atoms with E-state index in [1.165, 1.54) is 0 Å². The van der Waals surface area contributed by atoms with Crippen molar-refractivity contribution < 1.29 is 13.2 Å². The average Bonchev–Trinajstić information content (AvgIpc) is 2.21. The molecule has 0 aliphatic carbocycles. The molecule has 0 radical (unpaired) electrons. The number of nitrogens with zero attached hydrogens (tertiary/aromatic N) is 1. The molecular formula is C11H24N2O3S. The summed E-state index contributed by atoms with van der Waals surface area (Å²) < 4.78 is 22.0. The van der Waals surface area contributed by atoms with Crippen LogP contribution in [0.5, 0.6) is 0 Å². The Bertz CT molecular complexity index is 352. The number of carbonyl (C=O) groups is 1. The molecule has 6 heteroatoms. The molecule has 0 aromatic rings. The minimum absolute atomic E-state index is 0.0518. The van der Waals surface area contributed by atoms with E-state index in [1.807, 2.05) is 20.8 Å². The van der Waals surface area contributed by atoms with Gasteiger partial charge < -0.3 is 10.6 Å². The SMILES string of the molecule is CC(C)C(C)N(C)C(=O)C(N)CCS(C)(=O)=O. The van der Waals surface area contributed by atoms with Crippen molar-refractivity contribution in [2.45, 2.75) is 39.3 Å². The second-order valence-electron chi connectivity index (χ2n) is 4.96. The van der Waals surface area contributed by atoms with Crippen LogP contribution in [0, 0.1) is 5.92 Å². The third kappa shape index (κ3) is 6.02. The van der Waals surface area contributed by atoms with E-state index in [0.29, 0.717) is 5.92 Å².